The molecule has 1 amide bonds. The van der Waals surface area contributed by atoms with Crippen LogP contribution in [0, 0.1) is 12.8 Å². The molecule has 0 bridgehead atoms. The highest BCUT2D eigenvalue weighted by molar-refractivity contribution is 7.91. The second kappa shape index (κ2) is 5.29. The van der Waals surface area contributed by atoms with Gasteiger partial charge >= 0.3 is 0 Å². The van der Waals surface area contributed by atoms with Gasteiger partial charge in [0.15, 0.2) is 20.8 Å². The molecule has 1 N–H and O–H groups in total. The molecule has 2 aromatic rings. The van der Waals surface area contributed by atoms with Gasteiger partial charge in [-0.15, -0.1) is 11.3 Å². The average molecular weight is 336 g/mol. The van der Waals surface area contributed by atoms with Gasteiger partial charge in [0.2, 0.25) is 5.91 Å². The van der Waals surface area contributed by atoms with Gasteiger partial charge in [-0.25, -0.2) is 13.4 Å². The van der Waals surface area contributed by atoms with Crippen LogP contribution < -0.4 is 5.32 Å². The first kappa shape index (κ1) is 14.9. The fraction of sp³-hybridized carbons (Fsp3) is 0.214. The molecule has 0 aliphatic carbocycles. The molecular formula is C14H12N2O4S2. The van der Waals surface area contributed by atoms with Crippen LogP contribution in [0.2, 0.25) is 0 Å². The van der Waals surface area contributed by atoms with E-state index in [0.717, 1.165) is 4.88 Å². The Morgan fingerprint density at radius 3 is 2.77 bits per heavy atom. The number of fused-ring (bicyclic) bond motifs is 1. The van der Waals surface area contributed by atoms with E-state index in [0.29, 0.717) is 5.13 Å². The molecule has 0 saturated heterocycles. The van der Waals surface area contributed by atoms with Crippen molar-refractivity contribution < 1.29 is 18.0 Å². The number of aryl methyl sites for hydroxylation is 1. The van der Waals surface area contributed by atoms with Crippen molar-refractivity contribution >= 4 is 38.0 Å². The Bertz CT molecular complexity index is 870. The molecule has 0 saturated carbocycles. The minimum absolute atomic E-state index is 0.00542. The number of amides is 1. The molecule has 114 valence electrons. The lowest BCUT2D eigenvalue weighted by atomic mass is 9.98. The maximum atomic E-state index is 12.4. The van der Waals surface area contributed by atoms with Crippen LogP contribution in [0.15, 0.2) is 35.4 Å². The third-order valence-electron chi connectivity index (χ3n) is 3.36. The fourth-order valence-corrected chi connectivity index (χ4v) is 4.69. The van der Waals surface area contributed by atoms with Crippen molar-refractivity contribution in [1.29, 1.82) is 0 Å². The SMILES string of the molecule is Cc1cnc(NC(=O)C2CS(=O)(=O)c3ccccc3C2=O)s1. The minimum Gasteiger partial charge on any atom is -0.301 e. The van der Waals surface area contributed by atoms with Gasteiger partial charge in [-0.3, -0.25) is 9.59 Å². The van der Waals surface area contributed by atoms with E-state index >= 15 is 0 Å². The summed E-state index contributed by atoms with van der Waals surface area (Å²) in [5.74, 6) is -2.88. The predicted molar refractivity (Wildman–Crippen MR) is 81.8 cm³/mol. The Morgan fingerprint density at radius 2 is 2.09 bits per heavy atom. The largest absolute Gasteiger partial charge is 0.301 e. The molecule has 0 radical (unpaired) electrons. The number of sulfone groups is 1. The van der Waals surface area contributed by atoms with Crippen LogP contribution >= 0.6 is 11.3 Å². The van der Waals surface area contributed by atoms with Crippen LogP contribution in [0.4, 0.5) is 5.13 Å². The van der Waals surface area contributed by atoms with Crippen molar-refractivity contribution in [2.75, 3.05) is 11.1 Å². The number of ketones is 1. The van der Waals surface area contributed by atoms with Crippen LogP contribution in [-0.4, -0.2) is 30.8 Å². The van der Waals surface area contributed by atoms with E-state index in [4.69, 9.17) is 0 Å². The van der Waals surface area contributed by atoms with Gasteiger partial charge in [-0.2, -0.15) is 0 Å². The lowest BCUT2D eigenvalue weighted by Crippen LogP contribution is -2.39. The van der Waals surface area contributed by atoms with Gasteiger partial charge in [0.05, 0.1) is 10.6 Å². The molecule has 0 fully saturated rings. The summed E-state index contributed by atoms with van der Waals surface area (Å²) in [6.45, 7) is 1.83. The highest BCUT2D eigenvalue weighted by atomic mass is 32.2. The Hall–Kier alpha value is -2.06. The number of thiazole rings is 1. The number of aromatic nitrogens is 1. The highest BCUT2D eigenvalue weighted by Gasteiger charge is 2.40. The lowest BCUT2D eigenvalue weighted by molar-refractivity contribution is -0.118. The van der Waals surface area contributed by atoms with Crippen LogP contribution in [0.1, 0.15) is 15.2 Å². The highest BCUT2D eigenvalue weighted by Crippen LogP contribution is 2.29. The zero-order chi connectivity index (χ0) is 15.9. The standard InChI is InChI=1S/C14H12N2O4S2/c1-8-6-15-14(21-8)16-13(18)10-7-22(19,20)11-5-3-2-4-9(11)12(10)17/h2-6,10H,7H2,1H3,(H,15,16,18). The molecular weight excluding hydrogens is 324 g/mol. The zero-order valence-corrected chi connectivity index (χ0v) is 13.2. The van der Waals surface area contributed by atoms with Crippen molar-refractivity contribution in [3.8, 4) is 0 Å². The molecule has 1 atom stereocenters. The van der Waals surface area contributed by atoms with Crippen molar-refractivity contribution in [3.05, 3.63) is 40.9 Å². The quantitative estimate of drug-likeness (QED) is 0.842. The van der Waals surface area contributed by atoms with E-state index in [1.165, 1.54) is 23.5 Å². The number of nitrogens with one attached hydrogen (secondary N) is 1. The molecule has 2 heterocycles. The summed E-state index contributed by atoms with van der Waals surface area (Å²) in [6.07, 6.45) is 1.59. The van der Waals surface area contributed by atoms with Crippen LogP contribution in [0.5, 0.6) is 0 Å². The average Bonchev–Trinajstić information content (AvgIpc) is 2.88. The third-order valence-corrected chi connectivity index (χ3v) is 5.98. The summed E-state index contributed by atoms with van der Waals surface area (Å²) in [5.41, 5.74) is 0.0734. The number of nitrogens with zero attached hydrogens (tertiary/aromatic N) is 1. The van der Waals surface area contributed by atoms with Crippen LogP contribution in [0.3, 0.4) is 0 Å². The number of Topliss-reactive ketones (excluding diaryl/α,β-unsaturated/α-hetero) is 1. The molecule has 8 heteroatoms. The van der Waals surface area contributed by atoms with E-state index in [-0.39, 0.29) is 10.5 Å². The van der Waals surface area contributed by atoms with E-state index in [1.54, 1.807) is 18.3 Å². The zero-order valence-electron chi connectivity index (χ0n) is 11.6. The minimum atomic E-state index is -3.65. The van der Waals surface area contributed by atoms with Gasteiger partial charge < -0.3 is 5.32 Å². The molecule has 0 spiro atoms. The van der Waals surface area contributed by atoms with Crippen molar-refractivity contribution in [3.63, 3.8) is 0 Å². The molecule has 1 aromatic heterocycles. The molecule has 1 aliphatic rings. The van der Waals surface area contributed by atoms with Crippen molar-refractivity contribution in [1.82, 2.24) is 4.98 Å². The summed E-state index contributed by atoms with van der Waals surface area (Å²) in [4.78, 5) is 29.5. The molecule has 1 aliphatic heterocycles. The van der Waals surface area contributed by atoms with E-state index in [9.17, 15) is 18.0 Å². The summed E-state index contributed by atoms with van der Waals surface area (Å²) in [5, 5.41) is 2.87. The first-order chi connectivity index (χ1) is 10.4. The van der Waals surface area contributed by atoms with Crippen molar-refractivity contribution in [2.24, 2.45) is 5.92 Å². The van der Waals surface area contributed by atoms with Gasteiger partial charge in [-0.1, -0.05) is 18.2 Å². The number of hydrogen-bond donors (Lipinski definition) is 1. The number of benzene rings is 1. The topological polar surface area (TPSA) is 93.2 Å². The number of anilines is 1. The first-order valence-electron chi connectivity index (χ1n) is 6.48. The molecule has 22 heavy (non-hydrogen) atoms. The second-order valence-corrected chi connectivity index (χ2v) is 8.20. The maximum absolute atomic E-state index is 12.4. The summed E-state index contributed by atoms with van der Waals surface area (Å²) in [6, 6.07) is 5.96. The molecule has 6 nitrogen and oxygen atoms in total. The summed E-state index contributed by atoms with van der Waals surface area (Å²) < 4.78 is 24.5. The van der Waals surface area contributed by atoms with Gasteiger partial charge in [0, 0.05) is 16.6 Å². The summed E-state index contributed by atoms with van der Waals surface area (Å²) in [7, 11) is -3.65. The number of carbonyl (C=O) groups is 2. The van der Waals surface area contributed by atoms with Gasteiger partial charge in [0.1, 0.15) is 5.92 Å². The van der Waals surface area contributed by atoms with E-state index in [1.807, 2.05) is 6.92 Å². The fourth-order valence-electron chi connectivity index (χ4n) is 2.31. The van der Waals surface area contributed by atoms with E-state index in [2.05, 4.69) is 10.3 Å². The monoisotopic (exact) mass is 336 g/mol. The normalized spacial score (nSPS) is 19.5. The Balaban J connectivity index is 1.93. The number of rotatable bonds is 2. The molecule has 1 unspecified atom stereocenters. The Kier molecular flexibility index (Phi) is 3.57. The Morgan fingerprint density at radius 1 is 1.36 bits per heavy atom. The maximum Gasteiger partial charge on any atom is 0.238 e. The first-order valence-corrected chi connectivity index (χ1v) is 8.94. The predicted octanol–water partition coefficient (Wildman–Crippen LogP) is 1.68. The number of hydrogen-bond acceptors (Lipinski definition) is 6. The molecule has 3 rings (SSSR count). The lowest BCUT2D eigenvalue weighted by Gasteiger charge is -2.22. The van der Waals surface area contributed by atoms with Crippen LogP contribution in [-0.2, 0) is 14.6 Å². The van der Waals surface area contributed by atoms with Crippen molar-refractivity contribution in [2.45, 2.75) is 11.8 Å². The van der Waals surface area contributed by atoms with Gasteiger partial charge in [-0.05, 0) is 13.0 Å². The molecule has 1 aromatic carbocycles. The van der Waals surface area contributed by atoms with E-state index < -0.39 is 33.2 Å². The third kappa shape index (κ3) is 2.55. The summed E-state index contributed by atoms with van der Waals surface area (Å²) >= 11 is 1.26. The second-order valence-electron chi connectivity index (χ2n) is 4.96. The number of carbonyl (C=O) groups excluding carboxylic acids is 2. The van der Waals surface area contributed by atoms with Gasteiger partial charge in [0.25, 0.3) is 0 Å². The Labute approximate surface area is 131 Å². The smallest absolute Gasteiger partial charge is 0.238 e. The van der Waals surface area contributed by atoms with Crippen LogP contribution in [0.25, 0.3) is 0 Å².